The molecule has 6 heteroatoms. The predicted molar refractivity (Wildman–Crippen MR) is 79.8 cm³/mol. The van der Waals surface area contributed by atoms with E-state index in [1.807, 2.05) is 16.7 Å². The fraction of sp³-hybridized carbons (Fsp3) is 0.818. The highest BCUT2D eigenvalue weighted by Gasteiger charge is 2.20. The number of carbonyl (C=O) groups excluding carboxylic acids is 1. The molecule has 0 unspecified atom stereocenters. The van der Waals surface area contributed by atoms with Crippen molar-refractivity contribution in [2.75, 3.05) is 43.4 Å². The fourth-order valence-corrected chi connectivity index (χ4v) is 4.21. The average Bonchev–Trinajstić information content (AvgIpc) is 2.76. The maximum Gasteiger partial charge on any atom is 0.222 e. The molecule has 0 atom stereocenters. The Kier molecular flexibility index (Phi) is 5.44. The maximum absolute atomic E-state index is 11.4. The van der Waals surface area contributed by atoms with Crippen molar-refractivity contribution in [3.63, 3.8) is 0 Å². The molecule has 0 aromatic heterocycles. The van der Waals surface area contributed by atoms with Gasteiger partial charge in [-0.1, -0.05) is 24.0 Å². The van der Waals surface area contributed by atoms with Crippen LogP contribution in [0.4, 0.5) is 0 Å². The van der Waals surface area contributed by atoms with Gasteiger partial charge in [0, 0.05) is 49.9 Å². The van der Waals surface area contributed by atoms with Crippen LogP contribution >= 0.6 is 35.7 Å². The molecule has 0 aliphatic carbocycles. The van der Waals surface area contributed by atoms with Crippen LogP contribution in [0.5, 0.6) is 0 Å². The SMILES string of the molecule is O=C1CCCN1CCSC(=S)N1CCSCC1. The van der Waals surface area contributed by atoms with Crippen molar-refractivity contribution in [3.8, 4) is 0 Å². The van der Waals surface area contributed by atoms with Crippen LogP contribution in [0.15, 0.2) is 0 Å². The second-order valence-electron chi connectivity index (χ2n) is 4.20. The largest absolute Gasteiger partial charge is 0.356 e. The number of nitrogens with zero attached hydrogens (tertiary/aromatic N) is 2. The van der Waals surface area contributed by atoms with Crippen LogP contribution in [-0.2, 0) is 4.79 Å². The molecular formula is C11H18N2OS3. The van der Waals surface area contributed by atoms with Crippen molar-refractivity contribution in [1.82, 2.24) is 9.80 Å². The van der Waals surface area contributed by atoms with Crippen molar-refractivity contribution >= 4 is 46.0 Å². The van der Waals surface area contributed by atoms with Gasteiger partial charge in [0.25, 0.3) is 0 Å². The first-order chi connectivity index (χ1) is 8.27. The minimum absolute atomic E-state index is 0.311. The van der Waals surface area contributed by atoms with E-state index in [0.29, 0.717) is 5.91 Å². The molecule has 0 radical (unpaired) electrons. The van der Waals surface area contributed by atoms with Crippen molar-refractivity contribution < 1.29 is 4.79 Å². The van der Waals surface area contributed by atoms with Crippen LogP contribution in [-0.4, -0.2) is 63.5 Å². The summed E-state index contributed by atoms with van der Waals surface area (Å²) < 4.78 is 1.01. The summed E-state index contributed by atoms with van der Waals surface area (Å²) in [6.07, 6.45) is 1.76. The summed E-state index contributed by atoms with van der Waals surface area (Å²) in [7, 11) is 0. The summed E-state index contributed by atoms with van der Waals surface area (Å²) >= 11 is 9.14. The number of amides is 1. The zero-order valence-corrected chi connectivity index (χ0v) is 12.3. The quantitative estimate of drug-likeness (QED) is 0.736. The first kappa shape index (κ1) is 13.5. The summed E-state index contributed by atoms with van der Waals surface area (Å²) in [5.74, 6) is 3.62. The third-order valence-corrected chi connectivity index (χ3v) is 5.47. The third kappa shape index (κ3) is 4.03. The number of thiocarbonyl (C=S) groups is 1. The van der Waals surface area contributed by atoms with Gasteiger partial charge in [0.05, 0.1) is 0 Å². The molecule has 2 aliphatic rings. The highest BCUT2D eigenvalue weighted by Crippen LogP contribution is 2.17. The molecule has 0 aromatic carbocycles. The number of carbonyl (C=O) groups is 1. The van der Waals surface area contributed by atoms with Gasteiger partial charge in [0.15, 0.2) is 0 Å². The molecule has 2 rings (SSSR count). The van der Waals surface area contributed by atoms with E-state index >= 15 is 0 Å². The Bertz CT molecular complexity index is 292. The van der Waals surface area contributed by atoms with Gasteiger partial charge in [-0.25, -0.2) is 0 Å². The van der Waals surface area contributed by atoms with E-state index in [-0.39, 0.29) is 0 Å². The third-order valence-electron chi connectivity index (χ3n) is 3.03. The van der Waals surface area contributed by atoms with Gasteiger partial charge in [-0.05, 0) is 6.42 Å². The average molecular weight is 290 g/mol. The second-order valence-corrected chi connectivity index (χ2v) is 7.15. The number of rotatable bonds is 3. The number of hydrogen-bond donors (Lipinski definition) is 0. The van der Waals surface area contributed by atoms with E-state index in [4.69, 9.17) is 12.2 Å². The molecule has 3 nitrogen and oxygen atoms in total. The van der Waals surface area contributed by atoms with E-state index in [1.165, 1.54) is 11.5 Å². The molecule has 2 heterocycles. The topological polar surface area (TPSA) is 23.6 Å². The van der Waals surface area contributed by atoms with Crippen LogP contribution in [0, 0.1) is 0 Å². The lowest BCUT2D eigenvalue weighted by Crippen LogP contribution is -2.36. The maximum atomic E-state index is 11.4. The summed E-state index contributed by atoms with van der Waals surface area (Å²) in [4.78, 5) is 15.7. The van der Waals surface area contributed by atoms with E-state index < -0.39 is 0 Å². The van der Waals surface area contributed by atoms with Crippen molar-refractivity contribution in [1.29, 1.82) is 0 Å². The molecule has 96 valence electrons. The van der Waals surface area contributed by atoms with Gasteiger partial charge >= 0.3 is 0 Å². The van der Waals surface area contributed by atoms with Gasteiger partial charge in [0.2, 0.25) is 5.91 Å². The van der Waals surface area contributed by atoms with Gasteiger partial charge in [-0.2, -0.15) is 11.8 Å². The lowest BCUT2D eigenvalue weighted by atomic mass is 10.4. The van der Waals surface area contributed by atoms with Crippen molar-refractivity contribution in [3.05, 3.63) is 0 Å². The molecule has 0 spiro atoms. The second kappa shape index (κ2) is 6.85. The monoisotopic (exact) mass is 290 g/mol. The predicted octanol–water partition coefficient (Wildman–Crippen LogP) is 1.68. The van der Waals surface area contributed by atoms with Crippen LogP contribution in [0.2, 0.25) is 0 Å². The van der Waals surface area contributed by atoms with Crippen LogP contribution in [0.25, 0.3) is 0 Å². The van der Waals surface area contributed by atoms with Gasteiger partial charge in [-0.3, -0.25) is 4.79 Å². The van der Waals surface area contributed by atoms with Crippen molar-refractivity contribution in [2.24, 2.45) is 0 Å². The van der Waals surface area contributed by atoms with Crippen LogP contribution in [0.3, 0.4) is 0 Å². The molecule has 2 fully saturated rings. The summed E-state index contributed by atoms with van der Waals surface area (Å²) in [6.45, 7) is 3.96. The van der Waals surface area contributed by atoms with E-state index in [0.717, 1.165) is 49.1 Å². The lowest BCUT2D eigenvalue weighted by molar-refractivity contribution is -0.127. The molecule has 1 amide bonds. The molecule has 0 bridgehead atoms. The highest BCUT2D eigenvalue weighted by atomic mass is 32.2. The molecular weight excluding hydrogens is 272 g/mol. The van der Waals surface area contributed by atoms with Gasteiger partial charge < -0.3 is 9.80 Å². The Morgan fingerprint density at radius 1 is 1.35 bits per heavy atom. The zero-order chi connectivity index (χ0) is 12.1. The van der Waals surface area contributed by atoms with E-state index in [2.05, 4.69) is 4.90 Å². The standard InChI is InChI=1S/C11H18N2OS3/c14-10-2-1-3-12(10)6-9-17-11(15)13-4-7-16-8-5-13/h1-9H2. The Morgan fingerprint density at radius 2 is 2.12 bits per heavy atom. The minimum atomic E-state index is 0.311. The molecule has 0 aromatic rings. The van der Waals surface area contributed by atoms with Crippen LogP contribution in [0.1, 0.15) is 12.8 Å². The van der Waals surface area contributed by atoms with Gasteiger partial charge in [0.1, 0.15) is 4.32 Å². The molecule has 0 saturated carbocycles. The molecule has 2 aliphatic heterocycles. The number of thioether (sulfide) groups is 2. The molecule has 2 saturated heterocycles. The minimum Gasteiger partial charge on any atom is -0.356 e. The Balaban J connectivity index is 1.64. The summed E-state index contributed by atoms with van der Waals surface area (Å²) in [5.41, 5.74) is 0. The number of hydrogen-bond acceptors (Lipinski definition) is 4. The zero-order valence-electron chi connectivity index (χ0n) is 9.89. The van der Waals surface area contributed by atoms with E-state index in [9.17, 15) is 4.79 Å². The van der Waals surface area contributed by atoms with Gasteiger partial charge in [-0.15, -0.1) is 0 Å². The lowest BCUT2D eigenvalue weighted by Gasteiger charge is -2.28. The molecule has 17 heavy (non-hydrogen) atoms. The van der Waals surface area contributed by atoms with Crippen LogP contribution < -0.4 is 0 Å². The fourth-order valence-electron chi connectivity index (χ4n) is 2.02. The first-order valence-corrected chi connectivity index (χ1v) is 8.59. The summed E-state index contributed by atoms with van der Waals surface area (Å²) in [5, 5.41) is 0. The number of likely N-dealkylation sites (tertiary alicyclic amines) is 1. The van der Waals surface area contributed by atoms with E-state index in [1.54, 1.807) is 11.8 Å². The Labute approximate surface area is 117 Å². The normalized spacial score (nSPS) is 21.1. The Morgan fingerprint density at radius 3 is 2.76 bits per heavy atom. The smallest absolute Gasteiger partial charge is 0.222 e. The first-order valence-electron chi connectivity index (χ1n) is 6.04. The summed E-state index contributed by atoms with van der Waals surface area (Å²) in [6, 6.07) is 0. The van der Waals surface area contributed by atoms with Crippen molar-refractivity contribution in [2.45, 2.75) is 12.8 Å². The Hall–Kier alpha value is 0.0600. The highest BCUT2D eigenvalue weighted by molar-refractivity contribution is 8.22. The molecule has 0 N–H and O–H groups in total.